The van der Waals surface area contributed by atoms with Crippen LogP contribution < -0.4 is 5.56 Å². The molecule has 0 amide bonds. The molecule has 0 atom stereocenters. The van der Waals surface area contributed by atoms with Gasteiger partial charge >= 0.3 is 0 Å². The fourth-order valence-electron chi connectivity index (χ4n) is 3.09. The number of nitrogens with zero attached hydrogens (tertiary/aromatic N) is 2. The highest BCUT2D eigenvalue weighted by atomic mass is 32.2. The molecule has 0 bridgehead atoms. The summed E-state index contributed by atoms with van der Waals surface area (Å²) >= 11 is 1.20. The largest absolute Gasteiger partial charge is 0.293 e. The van der Waals surface area contributed by atoms with Crippen molar-refractivity contribution < 1.29 is 9.18 Å². The maximum Gasteiger partial charge on any atom is 0.266 e. The van der Waals surface area contributed by atoms with Crippen LogP contribution in [0.3, 0.4) is 0 Å². The zero-order valence-electron chi connectivity index (χ0n) is 15.6. The molecule has 0 unspecified atom stereocenters. The van der Waals surface area contributed by atoms with E-state index in [1.165, 1.54) is 36.0 Å². The van der Waals surface area contributed by atoms with Crippen molar-refractivity contribution in [2.24, 2.45) is 0 Å². The van der Waals surface area contributed by atoms with Crippen LogP contribution in [0, 0.1) is 12.7 Å². The second kappa shape index (κ2) is 8.01. The molecule has 0 fully saturated rings. The lowest BCUT2D eigenvalue weighted by Gasteiger charge is -2.15. The summed E-state index contributed by atoms with van der Waals surface area (Å²) in [5.74, 6) is -0.463. The number of para-hydroxylation sites is 2. The molecule has 6 heteroatoms. The Labute approximate surface area is 171 Å². The molecule has 1 aromatic heterocycles. The van der Waals surface area contributed by atoms with Crippen LogP contribution in [0.25, 0.3) is 16.6 Å². The lowest BCUT2D eigenvalue weighted by Crippen LogP contribution is -2.23. The van der Waals surface area contributed by atoms with Gasteiger partial charge in [-0.1, -0.05) is 42.1 Å². The molecule has 3 aromatic carbocycles. The van der Waals surface area contributed by atoms with Crippen LogP contribution in [0.2, 0.25) is 0 Å². The van der Waals surface area contributed by atoms with Crippen LogP contribution in [0.5, 0.6) is 0 Å². The topological polar surface area (TPSA) is 52.0 Å². The lowest BCUT2D eigenvalue weighted by atomic mass is 10.1. The van der Waals surface area contributed by atoms with E-state index in [2.05, 4.69) is 4.98 Å². The second-order valence-corrected chi connectivity index (χ2v) is 7.50. The minimum atomic E-state index is -0.390. The van der Waals surface area contributed by atoms with Crippen LogP contribution >= 0.6 is 11.8 Å². The standard InChI is InChI=1S/C23H17FN2O2S/c1-15-6-2-5-9-20(15)26-22(28)18-7-3-4-8-19(18)25-23(26)29-14-21(27)16-10-12-17(24)13-11-16/h2-13H,14H2,1H3. The number of halogens is 1. The van der Waals surface area contributed by atoms with E-state index in [1.807, 2.05) is 37.3 Å². The monoisotopic (exact) mass is 404 g/mol. The molecule has 0 saturated carbocycles. The number of aromatic nitrogens is 2. The van der Waals surface area contributed by atoms with E-state index < -0.39 is 5.82 Å². The van der Waals surface area contributed by atoms with E-state index >= 15 is 0 Å². The van der Waals surface area contributed by atoms with Crippen molar-refractivity contribution in [1.29, 1.82) is 0 Å². The van der Waals surface area contributed by atoms with Gasteiger partial charge in [-0.05, 0) is 55.0 Å². The summed E-state index contributed by atoms with van der Waals surface area (Å²) in [5, 5.41) is 0.962. The average Bonchev–Trinajstić information content (AvgIpc) is 2.73. The van der Waals surface area contributed by atoms with Crippen LogP contribution in [-0.2, 0) is 0 Å². The number of benzene rings is 3. The van der Waals surface area contributed by atoms with E-state index in [1.54, 1.807) is 22.8 Å². The van der Waals surface area contributed by atoms with Crippen molar-refractivity contribution in [3.63, 3.8) is 0 Å². The lowest BCUT2D eigenvalue weighted by molar-refractivity contribution is 0.102. The van der Waals surface area contributed by atoms with Gasteiger partial charge in [-0.3, -0.25) is 14.2 Å². The Morgan fingerprint density at radius 1 is 1.00 bits per heavy atom. The summed E-state index contributed by atoms with van der Waals surface area (Å²) in [5.41, 5.74) is 2.48. The molecular weight excluding hydrogens is 387 g/mol. The van der Waals surface area contributed by atoms with Gasteiger partial charge in [0.15, 0.2) is 10.9 Å². The molecule has 0 aliphatic carbocycles. The number of carbonyl (C=O) groups excluding carboxylic acids is 1. The predicted octanol–water partition coefficient (Wildman–Crippen LogP) is 4.81. The fourth-order valence-corrected chi connectivity index (χ4v) is 3.99. The number of rotatable bonds is 5. The van der Waals surface area contributed by atoms with E-state index in [0.29, 0.717) is 21.6 Å². The number of Topliss-reactive ketones (excluding diaryl/α,β-unsaturated/α-hetero) is 1. The number of thioether (sulfide) groups is 1. The molecule has 0 radical (unpaired) electrons. The normalized spacial score (nSPS) is 11.0. The third-order valence-electron chi connectivity index (χ3n) is 4.60. The highest BCUT2D eigenvalue weighted by Crippen LogP contribution is 2.24. The molecular formula is C23H17FN2O2S. The van der Waals surface area contributed by atoms with Gasteiger partial charge in [0, 0.05) is 5.56 Å². The first-order chi connectivity index (χ1) is 14.0. The Bertz CT molecular complexity index is 1270. The quantitative estimate of drug-likeness (QED) is 0.272. The van der Waals surface area contributed by atoms with Crippen LogP contribution in [0.1, 0.15) is 15.9 Å². The number of ketones is 1. The Kier molecular flexibility index (Phi) is 5.27. The van der Waals surface area contributed by atoms with Crippen molar-refractivity contribution >= 4 is 28.4 Å². The number of hydrogen-bond acceptors (Lipinski definition) is 4. The molecule has 0 N–H and O–H groups in total. The van der Waals surface area contributed by atoms with Gasteiger partial charge in [0.1, 0.15) is 5.82 Å². The maximum atomic E-state index is 13.2. The first-order valence-electron chi connectivity index (χ1n) is 9.04. The molecule has 144 valence electrons. The van der Waals surface area contributed by atoms with Gasteiger partial charge in [-0.15, -0.1) is 0 Å². The zero-order valence-corrected chi connectivity index (χ0v) is 16.4. The summed E-state index contributed by atoms with van der Waals surface area (Å²) in [6, 6.07) is 20.1. The second-order valence-electron chi connectivity index (χ2n) is 6.56. The van der Waals surface area contributed by atoms with Gasteiger partial charge in [-0.25, -0.2) is 9.37 Å². The summed E-state index contributed by atoms with van der Waals surface area (Å²) in [6.07, 6.45) is 0. The average molecular weight is 404 g/mol. The molecule has 1 heterocycles. The minimum Gasteiger partial charge on any atom is -0.293 e. The number of hydrogen-bond donors (Lipinski definition) is 0. The maximum absolute atomic E-state index is 13.2. The third-order valence-corrected chi connectivity index (χ3v) is 5.54. The molecule has 0 saturated heterocycles. The van der Waals surface area contributed by atoms with Crippen molar-refractivity contribution in [1.82, 2.24) is 9.55 Å². The highest BCUT2D eigenvalue weighted by Gasteiger charge is 2.16. The molecule has 0 aliphatic heterocycles. The Hall–Kier alpha value is -3.25. The molecule has 4 aromatic rings. The Morgan fingerprint density at radius 3 is 2.45 bits per heavy atom. The number of aryl methyl sites for hydroxylation is 1. The third kappa shape index (κ3) is 3.84. The SMILES string of the molecule is Cc1ccccc1-n1c(SCC(=O)c2ccc(F)cc2)nc2ccccc2c1=O. The number of carbonyl (C=O) groups is 1. The first kappa shape index (κ1) is 19.1. The molecule has 4 nitrogen and oxygen atoms in total. The van der Waals surface area contributed by atoms with Crippen LogP contribution in [0.15, 0.2) is 82.7 Å². The number of fused-ring (bicyclic) bond motifs is 1. The Morgan fingerprint density at radius 2 is 1.69 bits per heavy atom. The van der Waals surface area contributed by atoms with Crippen molar-refractivity contribution in [3.05, 3.63) is 100 Å². The van der Waals surface area contributed by atoms with Gasteiger partial charge in [0.05, 0.1) is 22.3 Å². The Balaban J connectivity index is 1.77. The molecule has 4 rings (SSSR count). The first-order valence-corrected chi connectivity index (χ1v) is 10.0. The van der Waals surface area contributed by atoms with Crippen molar-refractivity contribution in [2.75, 3.05) is 5.75 Å². The smallest absolute Gasteiger partial charge is 0.266 e. The summed E-state index contributed by atoms with van der Waals surface area (Å²) in [6.45, 7) is 1.93. The van der Waals surface area contributed by atoms with Crippen LogP contribution in [-0.4, -0.2) is 21.1 Å². The molecule has 0 aliphatic rings. The van der Waals surface area contributed by atoms with Gasteiger partial charge in [0.2, 0.25) is 0 Å². The van der Waals surface area contributed by atoms with E-state index in [-0.39, 0.29) is 17.1 Å². The van der Waals surface area contributed by atoms with Crippen LogP contribution in [0.4, 0.5) is 4.39 Å². The fraction of sp³-hybridized carbons (Fsp3) is 0.0870. The van der Waals surface area contributed by atoms with Crippen molar-refractivity contribution in [2.45, 2.75) is 12.1 Å². The predicted molar refractivity (Wildman–Crippen MR) is 114 cm³/mol. The van der Waals surface area contributed by atoms with Gasteiger partial charge in [0.25, 0.3) is 5.56 Å². The summed E-state index contributed by atoms with van der Waals surface area (Å²) < 4.78 is 14.7. The van der Waals surface area contributed by atoms with E-state index in [0.717, 1.165) is 11.3 Å². The molecule has 29 heavy (non-hydrogen) atoms. The van der Waals surface area contributed by atoms with E-state index in [4.69, 9.17) is 0 Å². The zero-order chi connectivity index (χ0) is 20.4. The summed E-state index contributed by atoms with van der Waals surface area (Å²) in [4.78, 5) is 30.4. The van der Waals surface area contributed by atoms with Crippen molar-refractivity contribution in [3.8, 4) is 5.69 Å². The van der Waals surface area contributed by atoms with Gasteiger partial charge in [-0.2, -0.15) is 0 Å². The minimum absolute atomic E-state index is 0.0856. The van der Waals surface area contributed by atoms with Gasteiger partial charge < -0.3 is 0 Å². The van der Waals surface area contributed by atoms with E-state index in [9.17, 15) is 14.0 Å². The highest BCUT2D eigenvalue weighted by molar-refractivity contribution is 7.99. The molecule has 0 spiro atoms. The summed E-state index contributed by atoms with van der Waals surface area (Å²) in [7, 11) is 0.